The number of rotatable bonds is 4. The van der Waals surface area contributed by atoms with Crippen LogP contribution in [-0.4, -0.2) is 5.71 Å². The summed E-state index contributed by atoms with van der Waals surface area (Å²) in [7, 11) is 0. The molecule has 1 N–H and O–H groups in total. The highest BCUT2D eigenvalue weighted by molar-refractivity contribution is 5.94. The monoisotopic (exact) mass is 149 g/mol. The van der Waals surface area contributed by atoms with Crippen LogP contribution in [0.25, 0.3) is 0 Å². The van der Waals surface area contributed by atoms with Gasteiger partial charge in [-0.05, 0) is 25.5 Å². The molecule has 60 valence electrons. The van der Waals surface area contributed by atoms with Crippen LogP contribution in [0.4, 0.5) is 0 Å². The third kappa shape index (κ3) is 5.34. The predicted molar refractivity (Wildman–Crippen MR) is 51.1 cm³/mol. The van der Waals surface area contributed by atoms with Crippen molar-refractivity contribution in [3.8, 4) is 0 Å². The second kappa shape index (κ2) is 5.66. The minimum Gasteiger partial charge on any atom is -0.305 e. The van der Waals surface area contributed by atoms with E-state index in [9.17, 15) is 0 Å². The van der Waals surface area contributed by atoms with Crippen LogP contribution in [0.15, 0.2) is 36.5 Å². The van der Waals surface area contributed by atoms with Crippen LogP contribution in [0.5, 0.6) is 0 Å². The summed E-state index contributed by atoms with van der Waals surface area (Å²) in [5, 5.41) is 7.42. The zero-order valence-electron chi connectivity index (χ0n) is 7.22. The normalized spacial score (nSPS) is 12.0. The fraction of sp³-hybridized carbons (Fsp3) is 0.300. The van der Waals surface area contributed by atoms with Gasteiger partial charge in [-0.1, -0.05) is 18.2 Å². The average Bonchev–Trinajstić information content (AvgIpc) is 1.87. The molecule has 11 heavy (non-hydrogen) atoms. The fourth-order valence-electron chi connectivity index (χ4n) is 0.800. The van der Waals surface area contributed by atoms with Crippen molar-refractivity contribution < 1.29 is 0 Å². The molecule has 0 aromatic heterocycles. The van der Waals surface area contributed by atoms with Gasteiger partial charge in [0.25, 0.3) is 0 Å². The first-order valence-electron chi connectivity index (χ1n) is 3.70. The summed E-state index contributed by atoms with van der Waals surface area (Å²) < 4.78 is 0. The Balaban J connectivity index is 4.06. The van der Waals surface area contributed by atoms with E-state index in [1.54, 1.807) is 6.08 Å². The SMILES string of the molecule is C=CCC(=N)/C=C(C)\C=C/C. The Hall–Kier alpha value is -1.11. The van der Waals surface area contributed by atoms with Gasteiger partial charge < -0.3 is 5.41 Å². The van der Waals surface area contributed by atoms with Gasteiger partial charge in [0, 0.05) is 12.1 Å². The van der Waals surface area contributed by atoms with Gasteiger partial charge in [-0.2, -0.15) is 0 Å². The van der Waals surface area contributed by atoms with E-state index < -0.39 is 0 Å². The Kier molecular flexibility index (Phi) is 5.09. The molecule has 0 unspecified atom stereocenters. The standard InChI is InChI=1S/C10H15N/c1-4-6-9(3)8-10(11)7-5-2/h4-6,8,11H,2,7H2,1,3H3/b6-4-,9-8-,11-10?. The predicted octanol–water partition coefficient (Wildman–Crippen LogP) is 3.10. The maximum atomic E-state index is 7.42. The molecule has 1 heteroatoms. The average molecular weight is 149 g/mol. The summed E-state index contributed by atoms with van der Waals surface area (Å²) in [5.41, 5.74) is 1.72. The van der Waals surface area contributed by atoms with Gasteiger partial charge in [0.1, 0.15) is 0 Å². The van der Waals surface area contributed by atoms with Crippen molar-refractivity contribution in [1.29, 1.82) is 5.41 Å². The molecule has 0 aliphatic carbocycles. The van der Waals surface area contributed by atoms with Crippen LogP contribution < -0.4 is 0 Å². The van der Waals surface area contributed by atoms with Crippen LogP contribution in [-0.2, 0) is 0 Å². The maximum Gasteiger partial charge on any atom is 0.0354 e. The molecule has 0 rings (SSSR count). The third-order valence-electron chi connectivity index (χ3n) is 1.20. The Morgan fingerprint density at radius 3 is 2.64 bits per heavy atom. The van der Waals surface area contributed by atoms with Crippen LogP contribution in [0, 0.1) is 5.41 Å². The first-order chi connectivity index (χ1) is 5.20. The van der Waals surface area contributed by atoms with Gasteiger partial charge in [0.15, 0.2) is 0 Å². The molecule has 0 heterocycles. The molecular weight excluding hydrogens is 134 g/mol. The van der Waals surface area contributed by atoms with E-state index in [1.165, 1.54) is 0 Å². The molecule has 0 aliphatic heterocycles. The van der Waals surface area contributed by atoms with E-state index in [0.29, 0.717) is 12.1 Å². The van der Waals surface area contributed by atoms with E-state index in [0.717, 1.165) is 5.57 Å². The molecule has 0 fully saturated rings. The van der Waals surface area contributed by atoms with Gasteiger partial charge in [-0.3, -0.25) is 0 Å². The number of hydrogen-bond acceptors (Lipinski definition) is 1. The third-order valence-corrected chi connectivity index (χ3v) is 1.20. The van der Waals surface area contributed by atoms with Gasteiger partial charge in [0.2, 0.25) is 0 Å². The highest BCUT2D eigenvalue weighted by Crippen LogP contribution is 1.97. The lowest BCUT2D eigenvalue weighted by atomic mass is 10.2. The number of hydrogen-bond donors (Lipinski definition) is 1. The highest BCUT2D eigenvalue weighted by Gasteiger charge is 1.87. The van der Waals surface area contributed by atoms with Crippen molar-refractivity contribution in [1.82, 2.24) is 0 Å². The quantitative estimate of drug-likeness (QED) is 0.361. The molecule has 0 bridgehead atoms. The van der Waals surface area contributed by atoms with Crippen LogP contribution in [0.3, 0.4) is 0 Å². The van der Waals surface area contributed by atoms with Crippen LogP contribution >= 0.6 is 0 Å². The fourth-order valence-corrected chi connectivity index (χ4v) is 0.800. The van der Waals surface area contributed by atoms with E-state index in [1.807, 2.05) is 32.1 Å². The van der Waals surface area contributed by atoms with Gasteiger partial charge in [-0.25, -0.2) is 0 Å². The van der Waals surface area contributed by atoms with Crippen molar-refractivity contribution in [2.75, 3.05) is 0 Å². The lowest BCUT2D eigenvalue weighted by molar-refractivity contribution is 1.37. The van der Waals surface area contributed by atoms with Crippen LogP contribution in [0.2, 0.25) is 0 Å². The second-order valence-corrected chi connectivity index (χ2v) is 2.41. The Labute approximate surface area is 68.6 Å². The lowest BCUT2D eigenvalue weighted by Gasteiger charge is -1.92. The summed E-state index contributed by atoms with van der Waals surface area (Å²) in [6, 6.07) is 0. The van der Waals surface area contributed by atoms with Crippen LogP contribution in [0.1, 0.15) is 20.3 Å². The Morgan fingerprint density at radius 1 is 1.55 bits per heavy atom. The van der Waals surface area contributed by atoms with Gasteiger partial charge in [0.05, 0.1) is 0 Å². The minimum atomic E-state index is 0.607. The summed E-state index contributed by atoms with van der Waals surface area (Å²) in [4.78, 5) is 0. The second-order valence-electron chi connectivity index (χ2n) is 2.41. The largest absolute Gasteiger partial charge is 0.305 e. The first-order valence-corrected chi connectivity index (χ1v) is 3.70. The molecule has 0 amide bonds. The summed E-state index contributed by atoms with van der Waals surface area (Å²) in [6.45, 7) is 7.52. The first kappa shape index (κ1) is 9.89. The smallest absolute Gasteiger partial charge is 0.0354 e. The maximum absolute atomic E-state index is 7.42. The molecule has 0 spiro atoms. The van der Waals surface area contributed by atoms with Crippen molar-refractivity contribution in [2.24, 2.45) is 0 Å². The number of allylic oxidation sites excluding steroid dienone is 5. The summed E-state index contributed by atoms with van der Waals surface area (Å²) in [6.07, 6.45) is 8.18. The Bertz CT molecular complexity index is 197. The molecule has 0 aromatic rings. The van der Waals surface area contributed by atoms with E-state index in [2.05, 4.69) is 6.58 Å². The topological polar surface area (TPSA) is 23.9 Å². The number of nitrogens with one attached hydrogen (secondary N) is 1. The van der Waals surface area contributed by atoms with Crippen molar-refractivity contribution in [3.63, 3.8) is 0 Å². The molecule has 0 atom stereocenters. The minimum absolute atomic E-state index is 0.607. The lowest BCUT2D eigenvalue weighted by Crippen LogP contribution is -1.88. The molecule has 0 saturated heterocycles. The highest BCUT2D eigenvalue weighted by atomic mass is 14.4. The zero-order valence-corrected chi connectivity index (χ0v) is 7.22. The molecule has 1 nitrogen and oxygen atoms in total. The molecule has 0 saturated carbocycles. The van der Waals surface area contributed by atoms with E-state index >= 15 is 0 Å². The van der Waals surface area contributed by atoms with Crippen molar-refractivity contribution >= 4 is 5.71 Å². The van der Waals surface area contributed by atoms with E-state index in [4.69, 9.17) is 5.41 Å². The van der Waals surface area contributed by atoms with Gasteiger partial charge >= 0.3 is 0 Å². The van der Waals surface area contributed by atoms with E-state index in [-0.39, 0.29) is 0 Å². The zero-order chi connectivity index (χ0) is 8.69. The molecule has 0 aliphatic rings. The molecule has 0 radical (unpaired) electrons. The van der Waals surface area contributed by atoms with Crippen molar-refractivity contribution in [3.05, 3.63) is 36.5 Å². The van der Waals surface area contributed by atoms with Gasteiger partial charge in [-0.15, -0.1) is 6.58 Å². The summed E-state index contributed by atoms with van der Waals surface area (Å²) in [5.74, 6) is 0. The summed E-state index contributed by atoms with van der Waals surface area (Å²) >= 11 is 0. The van der Waals surface area contributed by atoms with Crippen molar-refractivity contribution in [2.45, 2.75) is 20.3 Å². The Morgan fingerprint density at radius 2 is 2.18 bits per heavy atom. The molecular formula is C10H15N. The molecule has 0 aromatic carbocycles.